The second-order valence-corrected chi connectivity index (χ2v) is 6.56. The SMILES string of the molecule is COc1nc(OC)c(N(C)c2ccc(CCC(=O)O)cc2)cc1-c1ccccc1. The molecule has 0 saturated heterocycles. The summed E-state index contributed by atoms with van der Waals surface area (Å²) in [4.78, 5) is 17.3. The van der Waals surface area contributed by atoms with Crippen molar-refractivity contribution in [2.75, 3.05) is 26.2 Å². The molecule has 0 radical (unpaired) electrons. The van der Waals surface area contributed by atoms with Crippen LogP contribution in [0.4, 0.5) is 11.4 Å². The number of pyridine rings is 1. The van der Waals surface area contributed by atoms with Gasteiger partial charge in [-0.2, -0.15) is 4.98 Å². The molecular formula is C23H24N2O4. The molecule has 150 valence electrons. The van der Waals surface area contributed by atoms with E-state index in [9.17, 15) is 4.79 Å². The van der Waals surface area contributed by atoms with E-state index in [1.54, 1.807) is 14.2 Å². The van der Waals surface area contributed by atoms with Crippen LogP contribution in [0.15, 0.2) is 60.7 Å². The van der Waals surface area contributed by atoms with E-state index in [2.05, 4.69) is 4.98 Å². The number of benzene rings is 2. The highest BCUT2D eigenvalue weighted by Crippen LogP contribution is 2.39. The molecule has 2 aromatic carbocycles. The summed E-state index contributed by atoms with van der Waals surface area (Å²) in [6.07, 6.45) is 0.622. The molecule has 0 aliphatic heterocycles. The molecule has 0 spiro atoms. The third-order valence-electron chi connectivity index (χ3n) is 4.72. The number of hydrogen-bond donors (Lipinski definition) is 1. The Morgan fingerprint density at radius 3 is 2.24 bits per heavy atom. The molecule has 1 heterocycles. The third-order valence-corrected chi connectivity index (χ3v) is 4.72. The lowest BCUT2D eigenvalue weighted by Gasteiger charge is -2.23. The topological polar surface area (TPSA) is 71.9 Å². The zero-order valence-electron chi connectivity index (χ0n) is 16.8. The lowest BCUT2D eigenvalue weighted by molar-refractivity contribution is -0.136. The number of hydrogen-bond acceptors (Lipinski definition) is 5. The lowest BCUT2D eigenvalue weighted by atomic mass is 10.1. The van der Waals surface area contributed by atoms with Crippen LogP contribution in [0.1, 0.15) is 12.0 Å². The number of carboxylic acids is 1. The van der Waals surface area contributed by atoms with E-state index in [0.29, 0.717) is 18.2 Å². The third kappa shape index (κ3) is 4.66. The maximum Gasteiger partial charge on any atom is 0.303 e. The molecule has 0 bridgehead atoms. The summed E-state index contributed by atoms with van der Waals surface area (Å²) in [6, 6.07) is 19.7. The number of carboxylic acid groups (broad SMARTS) is 1. The molecule has 3 rings (SSSR count). The average Bonchev–Trinajstić information content (AvgIpc) is 2.77. The van der Waals surface area contributed by atoms with Crippen LogP contribution in [0.2, 0.25) is 0 Å². The van der Waals surface area contributed by atoms with Gasteiger partial charge in [0.15, 0.2) is 0 Å². The van der Waals surface area contributed by atoms with E-state index in [1.807, 2.05) is 72.6 Å². The lowest BCUT2D eigenvalue weighted by Crippen LogP contribution is -2.12. The Labute approximate surface area is 170 Å². The first-order valence-corrected chi connectivity index (χ1v) is 9.26. The molecule has 3 aromatic rings. The minimum absolute atomic E-state index is 0.117. The van der Waals surface area contributed by atoms with Crippen LogP contribution in [0.25, 0.3) is 11.1 Å². The highest BCUT2D eigenvalue weighted by Gasteiger charge is 2.18. The Balaban J connectivity index is 1.97. The fourth-order valence-electron chi connectivity index (χ4n) is 3.12. The number of anilines is 2. The van der Waals surface area contributed by atoms with Gasteiger partial charge in [0.1, 0.15) is 5.69 Å². The number of aromatic nitrogens is 1. The van der Waals surface area contributed by atoms with Crippen molar-refractivity contribution < 1.29 is 19.4 Å². The number of ether oxygens (including phenoxy) is 2. The minimum atomic E-state index is -0.798. The first-order chi connectivity index (χ1) is 14.0. The largest absolute Gasteiger partial charge is 0.481 e. The monoisotopic (exact) mass is 392 g/mol. The molecule has 6 heteroatoms. The Bertz CT molecular complexity index is 972. The standard InChI is InChI=1S/C23H24N2O4/c1-25(18-12-9-16(10-13-18)11-14-21(26)27)20-15-19(17-7-5-4-6-8-17)22(28-2)24-23(20)29-3/h4-10,12-13,15H,11,14H2,1-3H3,(H,26,27). The second-order valence-electron chi connectivity index (χ2n) is 6.56. The van der Waals surface area contributed by atoms with Gasteiger partial charge in [0.05, 0.1) is 14.2 Å². The van der Waals surface area contributed by atoms with E-state index in [0.717, 1.165) is 28.1 Å². The zero-order chi connectivity index (χ0) is 20.8. The van der Waals surface area contributed by atoms with Gasteiger partial charge in [-0.1, -0.05) is 42.5 Å². The molecule has 0 fully saturated rings. The van der Waals surface area contributed by atoms with Gasteiger partial charge in [0.2, 0.25) is 11.8 Å². The number of methoxy groups -OCH3 is 2. The highest BCUT2D eigenvalue weighted by atomic mass is 16.5. The molecule has 0 aliphatic carbocycles. The molecular weight excluding hydrogens is 368 g/mol. The normalized spacial score (nSPS) is 10.4. The number of rotatable bonds is 8. The van der Waals surface area contributed by atoms with Crippen LogP contribution >= 0.6 is 0 Å². The van der Waals surface area contributed by atoms with Gasteiger partial charge in [-0.05, 0) is 35.7 Å². The van der Waals surface area contributed by atoms with Crippen molar-refractivity contribution in [2.24, 2.45) is 0 Å². The van der Waals surface area contributed by atoms with Crippen molar-refractivity contribution in [3.8, 4) is 22.9 Å². The van der Waals surface area contributed by atoms with Gasteiger partial charge in [0.25, 0.3) is 0 Å². The molecule has 0 aliphatic rings. The van der Waals surface area contributed by atoms with Gasteiger partial charge in [0, 0.05) is 24.7 Å². The maximum absolute atomic E-state index is 10.8. The van der Waals surface area contributed by atoms with E-state index in [4.69, 9.17) is 14.6 Å². The van der Waals surface area contributed by atoms with E-state index >= 15 is 0 Å². The minimum Gasteiger partial charge on any atom is -0.481 e. The summed E-state index contributed by atoms with van der Waals surface area (Å²) in [6.45, 7) is 0. The number of nitrogens with zero attached hydrogens (tertiary/aromatic N) is 2. The predicted octanol–water partition coefficient (Wildman–Crippen LogP) is 4.55. The average molecular weight is 392 g/mol. The Hall–Kier alpha value is -3.54. The molecule has 0 amide bonds. The van der Waals surface area contributed by atoms with Gasteiger partial charge in [-0.25, -0.2) is 0 Å². The van der Waals surface area contributed by atoms with Gasteiger partial charge >= 0.3 is 5.97 Å². The van der Waals surface area contributed by atoms with Crippen LogP contribution in [0.5, 0.6) is 11.8 Å². The predicted molar refractivity (Wildman–Crippen MR) is 113 cm³/mol. The molecule has 29 heavy (non-hydrogen) atoms. The van der Waals surface area contributed by atoms with Crippen molar-refractivity contribution in [3.05, 3.63) is 66.2 Å². The van der Waals surface area contributed by atoms with Crippen molar-refractivity contribution in [1.82, 2.24) is 4.98 Å². The Morgan fingerprint density at radius 1 is 1.00 bits per heavy atom. The quantitative estimate of drug-likeness (QED) is 0.606. The molecule has 1 aromatic heterocycles. The zero-order valence-corrected chi connectivity index (χ0v) is 16.8. The van der Waals surface area contributed by atoms with Crippen molar-refractivity contribution in [1.29, 1.82) is 0 Å². The first kappa shape index (κ1) is 20.2. The highest BCUT2D eigenvalue weighted by molar-refractivity contribution is 5.78. The van der Waals surface area contributed by atoms with Crippen molar-refractivity contribution >= 4 is 17.3 Å². The smallest absolute Gasteiger partial charge is 0.303 e. The molecule has 6 nitrogen and oxygen atoms in total. The van der Waals surface area contributed by atoms with Crippen LogP contribution in [-0.4, -0.2) is 37.3 Å². The van der Waals surface area contributed by atoms with Crippen LogP contribution in [0.3, 0.4) is 0 Å². The fourth-order valence-corrected chi connectivity index (χ4v) is 3.12. The summed E-state index contributed by atoms with van der Waals surface area (Å²) < 4.78 is 11.0. The van der Waals surface area contributed by atoms with Crippen LogP contribution < -0.4 is 14.4 Å². The van der Waals surface area contributed by atoms with Gasteiger partial charge in [-0.15, -0.1) is 0 Å². The van der Waals surface area contributed by atoms with E-state index < -0.39 is 5.97 Å². The second kappa shape index (κ2) is 9.10. The first-order valence-electron chi connectivity index (χ1n) is 9.26. The maximum atomic E-state index is 10.8. The van der Waals surface area contributed by atoms with E-state index in [-0.39, 0.29) is 6.42 Å². The van der Waals surface area contributed by atoms with Crippen molar-refractivity contribution in [2.45, 2.75) is 12.8 Å². The van der Waals surface area contributed by atoms with Gasteiger partial charge < -0.3 is 19.5 Å². The van der Waals surface area contributed by atoms with Crippen LogP contribution in [0, 0.1) is 0 Å². The Morgan fingerprint density at radius 2 is 1.66 bits per heavy atom. The number of carbonyl (C=O) groups is 1. The summed E-state index contributed by atoms with van der Waals surface area (Å²) in [5.74, 6) is 0.155. The summed E-state index contributed by atoms with van der Waals surface area (Å²) in [7, 11) is 5.11. The van der Waals surface area contributed by atoms with E-state index in [1.165, 1.54) is 0 Å². The summed E-state index contributed by atoms with van der Waals surface area (Å²) >= 11 is 0. The summed E-state index contributed by atoms with van der Waals surface area (Å²) in [5, 5.41) is 8.85. The molecule has 1 N–H and O–H groups in total. The molecule has 0 atom stereocenters. The summed E-state index contributed by atoms with van der Waals surface area (Å²) in [5.41, 5.74) is 4.58. The van der Waals surface area contributed by atoms with Crippen LogP contribution in [-0.2, 0) is 11.2 Å². The fraction of sp³-hybridized carbons (Fsp3) is 0.217. The van der Waals surface area contributed by atoms with Crippen molar-refractivity contribution in [3.63, 3.8) is 0 Å². The molecule has 0 saturated carbocycles. The Kier molecular flexibility index (Phi) is 6.34. The molecule has 0 unspecified atom stereocenters. The number of aryl methyl sites for hydroxylation is 1. The number of aliphatic carboxylic acids is 1. The van der Waals surface area contributed by atoms with Gasteiger partial charge in [-0.3, -0.25) is 4.79 Å².